The molecule has 1 N–H and O–H groups in total. The first-order valence-corrected chi connectivity index (χ1v) is 5.69. The number of aliphatic hydroxyl groups is 1. The zero-order valence-electron chi connectivity index (χ0n) is 10.4. The molecule has 108 valence electrons. The van der Waals surface area contributed by atoms with Gasteiger partial charge in [0.25, 0.3) is 0 Å². The highest BCUT2D eigenvalue weighted by molar-refractivity contribution is 5.89. The number of hydrogen-bond donors (Lipinski definition) is 1. The average Bonchev–Trinajstić information content (AvgIpc) is 2.36. The van der Waals surface area contributed by atoms with E-state index in [1.807, 2.05) is 0 Å². The normalized spacial score (nSPS) is 11.9. The van der Waals surface area contributed by atoms with Gasteiger partial charge in [0, 0.05) is 19.0 Å². The van der Waals surface area contributed by atoms with E-state index >= 15 is 0 Å². The number of nitrogens with zero attached hydrogens (tertiary/aromatic N) is 3. The van der Waals surface area contributed by atoms with Crippen LogP contribution in [0.2, 0.25) is 0 Å². The molecule has 2 rings (SSSR count). The molecule has 0 radical (unpaired) electrons. The van der Waals surface area contributed by atoms with Gasteiger partial charge < -0.3 is 10.0 Å². The summed E-state index contributed by atoms with van der Waals surface area (Å²) in [6.07, 6.45) is -4.70. The van der Waals surface area contributed by atoms with Crippen molar-refractivity contribution in [2.75, 3.05) is 25.1 Å². The van der Waals surface area contributed by atoms with Gasteiger partial charge in [0.05, 0.1) is 12.1 Å². The molecule has 0 aliphatic rings. The van der Waals surface area contributed by atoms with Crippen LogP contribution in [-0.4, -0.2) is 35.3 Å². The molecule has 1 aromatic heterocycles. The summed E-state index contributed by atoms with van der Waals surface area (Å²) >= 11 is 0. The van der Waals surface area contributed by atoms with Gasteiger partial charge in [-0.15, -0.1) is 0 Å². The maximum absolute atomic E-state index is 13.3. The van der Waals surface area contributed by atoms with Crippen LogP contribution in [0, 0.1) is 5.82 Å². The number of benzene rings is 1. The zero-order chi connectivity index (χ0) is 14.9. The molecule has 0 saturated carbocycles. The minimum absolute atomic E-state index is 0.00600. The van der Waals surface area contributed by atoms with Crippen molar-refractivity contribution in [3.8, 4) is 0 Å². The van der Waals surface area contributed by atoms with Gasteiger partial charge >= 0.3 is 6.18 Å². The van der Waals surface area contributed by atoms with E-state index in [4.69, 9.17) is 5.11 Å². The second kappa shape index (κ2) is 5.20. The second-order valence-electron chi connectivity index (χ2n) is 4.18. The Morgan fingerprint density at radius 2 is 1.95 bits per heavy atom. The Morgan fingerprint density at radius 1 is 1.25 bits per heavy atom. The maximum Gasteiger partial charge on any atom is 0.451 e. The molecule has 8 heteroatoms. The van der Waals surface area contributed by atoms with E-state index in [2.05, 4.69) is 9.97 Å². The number of alkyl halides is 3. The summed E-state index contributed by atoms with van der Waals surface area (Å²) < 4.78 is 51.5. The van der Waals surface area contributed by atoms with Crippen LogP contribution >= 0.6 is 0 Å². The number of fused-ring (bicyclic) bond motifs is 1. The van der Waals surface area contributed by atoms with Gasteiger partial charge in [-0.3, -0.25) is 0 Å². The lowest BCUT2D eigenvalue weighted by atomic mass is 10.2. The largest absolute Gasteiger partial charge is 0.451 e. The fourth-order valence-electron chi connectivity index (χ4n) is 1.76. The molecule has 0 bridgehead atoms. The standard InChI is InChI=1S/C12H11F4N3O/c1-19(4-5-20)10-8-6-7(13)2-3-9(8)17-11(18-10)12(14,15)16/h2-3,6,20H,4-5H2,1H3. The summed E-state index contributed by atoms with van der Waals surface area (Å²) in [5, 5.41) is 9.03. The molecule has 2 aromatic rings. The number of halogens is 4. The maximum atomic E-state index is 13.3. The third kappa shape index (κ3) is 2.79. The predicted octanol–water partition coefficient (Wildman–Crippen LogP) is 2.22. The quantitative estimate of drug-likeness (QED) is 0.880. The number of anilines is 1. The summed E-state index contributed by atoms with van der Waals surface area (Å²) in [5.74, 6) is -1.97. The molecule has 0 atom stereocenters. The first-order chi connectivity index (χ1) is 9.32. The molecule has 0 amide bonds. The highest BCUT2D eigenvalue weighted by atomic mass is 19.4. The van der Waals surface area contributed by atoms with E-state index in [0.717, 1.165) is 18.2 Å². The summed E-state index contributed by atoms with van der Waals surface area (Å²) in [4.78, 5) is 8.16. The van der Waals surface area contributed by atoms with E-state index in [1.165, 1.54) is 11.9 Å². The van der Waals surface area contributed by atoms with E-state index < -0.39 is 17.8 Å². The smallest absolute Gasteiger partial charge is 0.395 e. The van der Waals surface area contributed by atoms with Crippen molar-refractivity contribution in [2.24, 2.45) is 0 Å². The van der Waals surface area contributed by atoms with Crippen LogP contribution in [0.4, 0.5) is 23.4 Å². The van der Waals surface area contributed by atoms with Gasteiger partial charge in [0.2, 0.25) is 5.82 Å². The van der Waals surface area contributed by atoms with Crippen LogP contribution in [0.15, 0.2) is 18.2 Å². The lowest BCUT2D eigenvalue weighted by Crippen LogP contribution is -2.24. The molecule has 0 spiro atoms. The van der Waals surface area contributed by atoms with Gasteiger partial charge in [-0.1, -0.05) is 0 Å². The third-order valence-electron chi connectivity index (χ3n) is 2.69. The summed E-state index contributed by atoms with van der Waals surface area (Å²) in [6.45, 7) is -0.196. The number of hydrogen-bond acceptors (Lipinski definition) is 4. The molecule has 20 heavy (non-hydrogen) atoms. The Bertz CT molecular complexity index is 630. The molecule has 4 nitrogen and oxygen atoms in total. The first-order valence-electron chi connectivity index (χ1n) is 5.69. The van der Waals surface area contributed by atoms with Crippen molar-refractivity contribution in [1.82, 2.24) is 9.97 Å². The van der Waals surface area contributed by atoms with E-state index in [0.29, 0.717) is 0 Å². The first kappa shape index (κ1) is 14.4. The van der Waals surface area contributed by atoms with E-state index in [9.17, 15) is 17.6 Å². The molecule has 0 aliphatic carbocycles. The Balaban J connectivity index is 2.69. The molecule has 0 unspecified atom stereocenters. The second-order valence-corrected chi connectivity index (χ2v) is 4.18. The highest BCUT2D eigenvalue weighted by Gasteiger charge is 2.35. The minimum atomic E-state index is -4.70. The minimum Gasteiger partial charge on any atom is -0.395 e. The fraction of sp³-hybridized carbons (Fsp3) is 0.333. The number of aromatic nitrogens is 2. The van der Waals surface area contributed by atoms with Crippen LogP contribution in [0.1, 0.15) is 5.82 Å². The molecular weight excluding hydrogens is 278 g/mol. The lowest BCUT2D eigenvalue weighted by Gasteiger charge is -2.20. The number of rotatable bonds is 3. The van der Waals surface area contributed by atoms with Crippen molar-refractivity contribution < 1.29 is 22.7 Å². The Kier molecular flexibility index (Phi) is 3.76. The molecule has 1 aromatic carbocycles. The fourth-order valence-corrected chi connectivity index (χ4v) is 1.76. The Morgan fingerprint density at radius 3 is 2.55 bits per heavy atom. The van der Waals surface area contributed by atoms with E-state index in [1.54, 1.807) is 0 Å². The van der Waals surface area contributed by atoms with E-state index in [-0.39, 0.29) is 29.9 Å². The predicted molar refractivity (Wildman–Crippen MR) is 64.9 cm³/mol. The summed E-state index contributed by atoms with van der Waals surface area (Å²) in [7, 11) is 1.46. The molecular formula is C12H11F4N3O. The van der Waals surface area contributed by atoms with Gasteiger partial charge in [0.1, 0.15) is 11.6 Å². The summed E-state index contributed by atoms with van der Waals surface area (Å²) in [5.41, 5.74) is -0.00600. The van der Waals surface area contributed by atoms with Crippen LogP contribution in [0.3, 0.4) is 0 Å². The van der Waals surface area contributed by atoms with Gasteiger partial charge in [-0.05, 0) is 18.2 Å². The number of likely N-dealkylation sites (N-methyl/N-ethyl adjacent to an activating group) is 1. The summed E-state index contributed by atoms with van der Waals surface area (Å²) in [6, 6.07) is 3.27. The zero-order valence-corrected chi connectivity index (χ0v) is 10.4. The third-order valence-corrected chi connectivity index (χ3v) is 2.69. The van der Waals surface area contributed by atoms with Crippen LogP contribution in [0.25, 0.3) is 10.9 Å². The molecule has 0 fully saturated rings. The average molecular weight is 289 g/mol. The molecule has 1 heterocycles. The van der Waals surface area contributed by atoms with Crippen molar-refractivity contribution in [3.63, 3.8) is 0 Å². The van der Waals surface area contributed by atoms with Crippen molar-refractivity contribution in [3.05, 3.63) is 29.8 Å². The monoisotopic (exact) mass is 289 g/mol. The van der Waals surface area contributed by atoms with Crippen LogP contribution in [0.5, 0.6) is 0 Å². The topological polar surface area (TPSA) is 49.2 Å². The van der Waals surface area contributed by atoms with Crippen LogP contribution in [-0.2, 0) is 6.18 Å². The van der Waals surface area contributed by atoms with Crippen molar-refractivity contribution in [2.45, 2.75) is 6.18 Å². The Labute approximate surface area is 111 Å². The SMILES string of the molecule is CN(CCO)c1nc(C(F)(F)F)nc2ccc(F)cc12. The van der Waals surface area contributed by atoms with Gasteiger partial charge in [-0.25, -0.2) is 14.4 Å². The van der Waals surface area contributed by atoms with Crippen molar-refractivity contribution in [1.29, 1.82) is 0 Å². The van der Waals surface area contributed by atoms with Gasteiger partial charge in [0.15, 0.2) is 0 Å². The highest BCUT2D eigenvalue weighted by Crippen LogP contribution is 2.31. The van der Waals surface area contributed by atoms with Crippen molar-refractivity contribution >= 4 is 16.7 Å². The van der Waals surface area contributed by atoms with Crippen LogP contribution < -0.4 is 4.90 Å². The lowest BCUT2D eigenvalue weighted by molar-refractivity contribution is -0.144. The van der Waals surface area contributed by atoms with Gasteiger partial charge in [-0.2, -0.15) is 13.2 Å². The molecule has 0 saturated heterocycles. The number of aliphatic hydroxyl groups excluding tert-OH is 1. The Hall–Kier alpha value is -1.96. The molecule has 0 aliphatic heterocycles.